The second-order valence-corrected chi connectivity index (χ2v) is 6.33. The van der Waals surface area contributed by atoms with Gasteiger partial charge in [-0.2, -0.15) is 0 Å². The minimum atomic E-state index is -0.00972. The van der Waals surface area contributed by atoms with Gasteiger partial charge in [-0.1, -0.05) is 30.3 Å². The number of carbonyl (C=O) groups excluding carboxylic acids is 1. The standard InChI is InChI=1S/C18H24N4O2/c1-21(2)9-8-15-12-22(10-11-24-15)18(23)17-16(19-13-20-17)14-6-4-3-5-7-14/h3-7,13,15H,8-12H2,1-2H3,(H,19,20)/t15-/m0/s1. The van der Waals surface area contributed by atoms with Gasteiger partial charge in [0.15, 0.2) is 0 Å². The van der Waals surface area contributed by atoms with E-state index in [1.54, 1.807) is 6.33 Å². The van der Waals surface area contributed by atoms with Crippen molar-refractivity contribution in [1.29, 1.82) is 0 Å². The summed E-state index contributed by atoms with van der Waals surface area (Å²) in [6, 6.07) is 9.78. The number of aromatic amines is 1. The molecule has 1 aliphatic heterocycles. The van der Waals surface area contributed by atoms with Crippen LogP contribution >= 0.6 is 0 Å². The van der Waals surface area contributed by atoms with Crippen molar-refractivity contribution < 1.29 is 9.53 Å². The monoisotopic (exact) mass is 328 g/mol. The number of aromatic nitrogens is 2. The highest BCUT2D eigenvalue weighted by molar-refractivity contribution is 5.98. The maximum Gasteiger partial charge on any atom is 0.272 e. The van der Waals surface area contributed by atoms with E-state index >= 15 is 0 Å². The number of carbonyl (C=O) groups is 1. The van der Waals surface area contributed by atoms with Crippen LogP contribution in [0.15, 0.2) is 36.7 Å². The van der Waals surface area contributed by atoms with E-state index in [0.717, 1.165) is 18.5 Å². The molecule has 1 saturated heterocycles. The molecule has 2 heterocycles. The molecule has 0 unspecified atom stereocenters. The van der Waals surface area contributed by atoms with E-state index in [1.807, 2.05) is 49.3 Å². The summed E-state index contributed by atoms with van der Waals surface area (Å²) in [6.07, 6.45) is 2.60. The first kappa shape index (κ1) is 16.7. The van der Waals surface area contributed by atoms with Gasteiger partial charge in [0, 0.05) is 25.2 Å². The van der Waals surface area contributed by atoms with Crippen LogP contribution in [-0.4, -0.2) is 72.1 Å². The van der Waals surface area contributed by atoms with Gasteiger partial charge in [-0.3, -0.25) is 4.79 Å². The number of ether oxygens (including phenoxy) is 1. The van der Waals surface area contributed by atoms with Crippen LogP contribution in [0.5, 0.6) is 0 Å². The van der Waals surface area contributed by atoms with Crippen LogP contribution in [0.25, 0.3) is 11.3 Å². The molecule has 0 spiro atoms. The van der Waals surface area contributed by atoms with Crippen LogP contribution in [0.1, 0.15) is 16.9 Å². The normalized spacial score (nSPS) is 18.1. The number of rotatable bonds is 5. The van der Waals surface area contributed by atoms with Gasteiger partial charge in [0.2, 0.25) is 0 Å². The van der Waals surface area contributed by atoms with Gasteiger partial charge in [-0.15, -0.1) is 0 Å². The number of benzene rings is 1. The Balaban J connectivity index is 1.72. The Labute approximate surface area is 142 Å². The molecule has 1 amide bonds. The molecule has 1 aromatic heterocycles. The fourth-order valence-corrected chi connectivity index (χ4v) is 2.91. The summed E-state index contributed by atoms with van der Waals surface area (Å²) in [6.45, 7) is 2.77. The summed E-state index contributed by atoms with van der Waals surface area (Å²) in [7, 11) is 4.09. The van der Waals surface area contributed by atoms with Crippen LogP contribution in [-0.2, 0) is 4.74 Å². The smallest absolute Gasteiger partial charge is 0.272 e. The van der Waals surface area contributed by atoms with Crippen molar-refractivity contribution >= 4 is 5.91 Å². The van der Waals surface area contributed by atoms with E-state index in [0.29, 0.717) is 31.1 Å². The highest BCUT2D eigenvalue weighted by Gasteiger charge is 2.27. The van der Waals surface area contributed by atoms with Crippen LogP contribution < -0.4 is 0 Å². The van der Waals surface area contributed by atoms with E-state index < -0.39 is 0 Å². The lowest BCUT2D eigenvalue weighted by Crippen LogP contribution is -2.46. The Kier molecular flexibility index (Phi) is 5.27. The molecule has 0 saturated carbocycles. The first-order valence-electron chi connectivity index (χ1n) is 8.29. The quantitative estimate of drug-likeness (QED) is 0.910. The van der Waals surface area contributed by atoms with Gasteiger partial charge < -0.3 is 19.5 Å². The third-order valence-electron chi connectivity index (χ3n) is 4.22. The lowest BCUT2D eigenvalue weighted by atomic mass is 10.1. The summed E-state index contributed by atoms with van der Waals surface area (Å²) in [4.78, 5) is 24.3. The zero-order valence-electron chi connectivity index (χ0n) is 14.2. The number of nitrogens with zero attached hydrogens (tertiary/aromatic N) is 3. The van der Waals surface area contributed by atoms with Crippen molar-refractivity contribution in [1.82, 2.24) is 19.8 Å². The summed E-state index contributed by atoms with van der Waals surface area (Å²) < 4.78 is 5.79. The van der Waals surface area contributed by atoms with Gasteiger partial charge in [0.1, 0.15) is 11.4 Å². The first-order valence-corrected chi connectivity index (χ1v) is 8.29. The fraction of sp³-hybridized carbons (Fsp3) is 0.444. The molecule has 6 nitrogen and oxygen atoms in total. The van der Waals surface area contributed by atoms with Gasteiger partial charge in [-0.25, -0.2) is 4.98 Å². The van der Waals surface area contributed by atoms with Crippen LogP contribution in [0, 0.1) is 0 Å². The summed E-state index contributed by atoms with van der Waals surface area (Å²) in [5, 5.41) is 0. The number of H-pyrrole nitrogens is 1. The van der Waals surface area contributed by atoms with Crippen molar-refractivity contribution in [3.63, 3.8) is 0 Å². The van der Waals surface area contributed by atoms with Gasteiger partial charge in [-0.05, 0) is 20.5 Å². The maximum absolute atomic E-state index is 12.9. The summed E-state index contributed by atoms with van der Waals surface area (Å²) in [5.74, 6) is -0.00972. The average molecular weight is 328 g/mol. The predicted octanol–water partition coefficient (Wildman–Crippen LogP) is 1.87. The number of morpholine rings is 1. The third kappa shape index (κ3) is 3.83. The molecular formula is C18H24N4O2. The van der Waals surface area contributed by atoms with Gasteiger partial charge >= 0.3 is 0 Å². The largest absolute Gasteiger partial charge is 0.374 e. The fourth-order valence-electron chi connectivity index (χ4n) is 2.91. The van der Waals surface area contributed by atoms with E-state index in [1.165, 1.54) is 0 Å². The Morgan fingerprint density at radius 1 is 1.38 bits per heavy atom. The Hall–Kier alpha value is -2.18. The Bertz CT molecular complexity index is 669. The molecule has 1 N–H and O–H groups in total. The topological polar surface area (TPSA) is 61.5 Å². The molecule has 0 aliphatic carbocycles. The molecule has 6 heteroatoms. The molecule has 3 rings (SSSR count). The summed E-state index contributed by atoms with van der Waals surface area (Å²) in [5.41, 5.74) is 2.20. The summed E-state index contributed by atoms with van der Waals surface area (Å²) >= 11 is 0. The van der Waals surface area contributed by atoms with E-state index in [-0.39, 0.29) is 12.0 Å². The van der Waals surface area contributed by atoms with Crippen LogP contribution in [0.3, 0.4) is 0 Å². The van der Waals surface area contributed by atoms with Crippen molar-refractivity contribution in [2.24, 2.45) is 0 Å². The predicted molar refractivity (Wildman–Crippen MR) is 92.8 cm³/mol. The number of imidazole rings is 1. The number of hydrogen-bond donors (Lipinski definition) is 1. The molecule has 0 radical (unpaired) electrons. The van der Waals surface area contributed by atoms with Crippen LogP contribution in [0.2, 0.25) is 0 Å². The van der Waals surface area contributed by atoms with Crippen molar-refractivity contribution in [2.75, 3.05) is 40.3 Å². The first-order chi connectivity index (χ1) is 11.6. The van der Waals surface area contributed by atoms with Crippen molar-refractivity contribution in [3.05, 3.63) is 42.4 Å². The zero-order valence-corrected chi connectivity index (χ0v) is 14.2. The second-order valence-electron chi connectivity index (χ2n) is 6.33. The van der Waals surface area contributed by atoms with E-state index in [2.05, 4.69) is 14.9 Å². The molecular weight excluding hydrogens is 304 g/mol. The molecule has 1 aromatic carbocycles. The lowest BCUT2D eigenvalue weighted by molar-refractivity contribution is -0.0271. The number of amides is 1. The maximum atomic E-state index is 12.9. The molecule has 128 valence electrons. The van der Waals surface area contributed by atoms with Gasteiger partial charge in [0.05, 0.1) is 19.0 Å². The van der Waals surface area contributed by atoms with Crippen molar-refractivity contribution in [2.45, 2.75) is 12.5 Å². The zero-order chi connectivity index (χ0) is 16.9. The highest BCUT2D eigenvalue weighted by atomic mass is 16.5. The number of nitrogens with one attached hydrogen (secondary N) is 1. The van der Waals surface area contributed by atoms with E-state index in [4.69, 9.17) is 4.74 Å². The second kappa shape index (κ2) is 7.59. The van der Waals surface area contributed by atoms with Crippen LogP contribution in [0.4, 0.5) is 0 Å². The molecule has 1 fully saturated rings. The Morgan fingerprint density at radius 2 is 2.17 bits per heavy atom. The minimum absolute atomic E-state index is 0.00972. The highest BCUT2D eigenvalue weighted by Crippen LogP contribution is 2.22. The van der Waals surface area contributed by atoms with E-state index in [9.17, 15) is 4.79 Å². The Morgan fingerprint density at radius 3 is 2.92 bits per heavy atom. The lowest BCUT2D eigenvalue weighted by Gasteiger charge is -2.33. The third-order valence-corrected chi connectivity index (χ3v) is 4.22. The number of hydrogen-bond acceptors (Lipinski definition) is 4. The average Bonchev–Trinajstić information content (AvgIpc) is 3.10. The van der Waals surface area contributed by atoms with Crippen molar-refractivity contribution in [3.8, 4) is 11.3 Å². The molecule has 1 atom stereocenters. The molecule has 24 heavy (non-hydrogen) atoms. The molecule has 2 aromatic rings. The minimum Gasteiger partial charge on any atom is -0.374 e. The van der Waals surface area contributed by atoms with Gasteiger partial charge in [0.25, 0.3) is 5.91 Å². The molecule has 0 bridgehead atoms. The SMILES string of the molecule is CN(C)CC[C@H]1CN(C(=O)c2[nH]cnc2-c2ccccc2)CCO1. The molecule has 1 aliphatic rings.